The van der Waals surface area contributed by atoms with Crippen molar-refractivity contribution in [1.29, 1.82) is 0 Å². The van der Waals surface area contributed by atoms with Gasteiger partial charge in [-0.1, -0.05) is 6.92 Å². The van der Waals surface area contributed by atoms with Crippen LogP contribution in [0.3, 0.4) is 0 Å². The Hall–Kier alpha value is -0.410. The molecule has 2 aliphatic heterocycles. The maximum Gasteiger partial charge on any atom is 0.102 e. The van der Waals surface area contributed by atoms with Gasteiger partial charge in [0.15, 0.2) is 0 Å². The Bertz CT molecular complexity index is 164. The molecule has 0 radical (unpaired) electrons. The smallest absolute Gasteiger partial charge is 0.102 e. The van der Waals surface area contributed by atoms with Crippen LogP contribution >= 0.6 is 0 Å². The van der Waals surface area contributed by atoms with E-state index in [1.165, 1.54) is 0 Å². The van der Waals surface area contributed by atoms with Crippen molar-refractivity contribution < 1.29 is 1.43 Å². The SMILES string of the molecule is CCC1N=CC2CNCCN21.[HH]. The summed E-state index contributed by atoms with van der Waals surface area (Å²) in [6.07, 6.45) is 3.72. The molecule has 1 fully saturated rings. The molecule has 3 heteroatoms. The number of nitrogens with one attached hydrogen (secondary N) is 1. The van der Waals surface area contributed by atoms with Crippen LogP contribution in [0.15, 0.2) is 4.99 Å². The first-order chi connectivity index (χ1) is 5.42. The van der Waals surface area contributed by atoms with Gasteiger partial charge < -0.3 is 5.32 Å². The zero-order chi connectivity index (χ0) is 7.68. The highest BCUT2D eigenvalue weighted by molar-refractivity contribution is 5.67. The van der Waals surface area contributed by atoms with Gasteiger partial charge in [-0.25, -0.2) is 0 Å². The number of aliphatic imine (C=N–C) groups is 1. The number of hydrogen-bond donors (Lipinski definition) is 1. The van der Waals surface area contributed by atoms with Gasteiger partial charge in [0.25, 0.3) is 0 Å². The van der Waals surface area contributed by atoms with Gasteiger partial charge in [0.05, 0.1) is 6.04 Å². The van der Waals surface area contributed by atoms with E-state index < -0.39 is 0 Å². The van der Waals surface area contributed by atoms with E-state index in [0.717, 1.165) is 26.1 Å². The first-order valence-electron chi connectivity index (χ1n) is 4.41. The Morgan fingerprint density at radius 1 is 1.82 bits per heavy atom. The summed E-state index contributed by atoms with van der Waals surface area (Å²) in [7, 11) is 0. The summed E-state index contributed by atoms with van der Waals surface area (Å²) in [4.78, 5) is 6.94. The maximum absolute atomic E-state index is 4.46. The quantitative estimate of drug-likeness (QED) is 0.591. The fourth-order valence-electron chi connectivity index (χ4n) is 1.87. The maximum atomic E-state index is 4.46. The average Bonchev–Trinajstić information content (AvgIpc) is 2.47. The molecule has 0 spiro atoms. The zero-order valence-corrected chi connectivity index (χ0v) is 6.95. The molecule has 2 unspecified atom stereocenters. The molecule has 2 aliphatic rings. The molecule has 64 valence electrons. The van der Waals surface area contributed by atoms with Crippen LogP contribution in [0.5, 0.6) is 0 Å². The molecule has 0 aromatic heterocycles. The third kappa shape index (κ3) is 1.19. The van der Waals surface area contributed by atoms with Crippen LogP contribution in [0, 0.1) is 0 Å². The van der Waals surface area contributed by atoms with E-state index in [4.69, 9.17) is 0 Å². The van der Waals surface area contributed by atoms with Crippen LogP contribution in [0.25, 0.3) is 0 Å². The highest BCUT2D eigenvalue weighted by Gasteiger charge is 2.30. The average molecular weight is 155 g/mol. The molecular weight excluding hydrogens is 138 g/mol. The molecule has 0 aromatic carbocycles. The van der Waals surface area contributed by atoms with Gasteiger partial charge >= 0.3 is 0 Å². The zero-order valence-electron chi connectivity index (χ0n) is 6.95. The summed E-state index contributed by atoms with van der Waals surface area (Å²) in [5.41, 5.74) is 0. The first kappa shape index (κ1) is 7.25. The van der Waals surface area contributed by atoms with E-state index >= 15 is 0 Å². The standard InChI is InChI=1S/C8H15N3.H2/c1-2-8-10-6-7-5-9-3-4-11(7)8;/h6-9H,2-5H2,1H3;1H. The lowest BCUT2D eigenvalue weighted by molar-refractivity contribution is 0.165. The second kappa shape index (κ2) is 2.91. The van der Waals surface area contributed by atoms with Crippen LogP contribution in [0.1, 0.15) is 14.8 Å². The Morgan fingerprint density at radius 3 is 3.55 bits per heavy atom. The minimum atomic E-state index is 0. The minimum absolute atomic E-state index is 0. The molecule has 3 nitrogen and oxygen atoms in total. The van der Waals surface area contributed by atoms with Crippen LogP contribution in [0.2, 0.25) is 0 Å². The number of piperazine rings is 1. The van der Waals surface area contributed by atoms with E-state index in [2.05, 4.69) is 28.3 Å². The molecular formula is C8H17N3. The second-order valence-electron chi connectivity index (χ2n) is 3.20. The molecule has 2 heterocycles. The highest BCUT2D eigenvalue weighted by Crippen LogP contribution is 2.16. The summed E-state index contributed by atoms with van der Waals surface area (Å²) in [6, 6.07) is 0.577. The van der Waals surface area contributed by atoms with Gasteiger partial charge in [-0.15, -0.1) is 0 Å². The van der Waals surface area contributed by atoms with Crippen LogP contribution in [0.4, 0.5) is 0 Å². The molecule has 2 rings (SSSR count). The van der Waals surface area contributed by atoms with Gasteiger partial charge in [-0.3, -0.25) is 9.89 Å². The predicted octanol–water partition coefficient (Wildman–Crippen LogP) is 0.327. The molecule has 1 N–H and O–H groups in total. The Morgan fingerprint density at radius 2 is 2.73 bits per heavy atom. The predicted molar refractivity (Wildman–Crippen MR) is 48.0 cm³/mol. The minimum Gasteiger partial charge on any atom is -0.314 e. The molecule has 0 aliphatic carbocycles. The normalized spacial score (nSPS) is 37.5. The Balaban J connectivity index is 0.000000720. The van der Waals surface area contributed by atoms with E-state index in [1.807, 2.05) is 0 Å². The van der Waals surface area contributed by atoms with Gasteiger partial charge in [-0.05, 0) is 6.42 Å². The van der Waals surface area contributed by atoms with Crippen molar-refractivity contribution in [3.05, 3.63) is 0 Å². The van der Waals surface area contributed by atoms with Crippen molar-refractivity contribution in [2.45, 2.75) is 25.6 Å². The van der Waals surface area contributed by atoms with Gasteiger partial charge in [-0.2, -0.15) is 0 Å². The van der Waals surface area contributed by atoms with Crippen molar-refractivity contribution in [2.75, 3.05) is 19.6 Å². The van der Waals surface area contributed by atoms with E-state index in [0.29, 0.717) is 12.2 Å². The van der Waals surface area contributed by atoms with Crippen molar-refractivity contribution in [2.24, 2.45) is 4.99 Å². The third-order valence-corrected chi connectivity index (χ3v) is 2.50. The lowest BCUT2D eigenvalue weighted by Crippen LogP contribution is -2.51. The third-order valence-electron chi connectivity index (χ3n) is 2.50. The van der Waals surface area contributed by atoms with Gasteiger partial charge in [0.1, 0.15) is 6.17 Å². The van der Waals surface area contributed by atoms with Crippen LogP contribution in [-0.2, 0) is 0 Å². The molecule has 11 heavy (non-hydrogen) atoms. The molecule has 1 saturated heterocycles. The summed E-state index contributed by atoms with van der Waals surface area (Å²) in [5, 5.41) is 3.37. The molecule has 2 atom stereocenters. The van der Waals surface area contributed by atoms with Gasteiger partial charge in [0, 0.05) is 27.3 Å². The first-order valence-corrected chi connectivity index (χ1v) is 4.41. The number of rotatable bonds is 1. The summed E-state index contributed by atoms with van der Waals surface area (Å²) < 4.78 is 0. The fraction of sp³-hybridized carbons (Fsp3) is 0.875. The topological polar surface area (TPSA) is 27.6 Å². The fourth-order valence-corrected chi connectivity index (χ4v) is 1.87. The largest absolute Gasteiger partial charge is 0.314 e. The van der Waals surface area contributed by atoms with E-state index in [9.17, 15) is 0 Å². The lowest BCUT2D eigenvalue weighted by Gasteiger charge is -2.32. The van der Waals surface area contributed by atoms with Crippen molar-refractivity contribution in [3.63, 3.8) is 0 Å². The van der Waals surface area contributed by atoms with Crippen molar-refractivity contribution in [3.8, 4) is 0 Å². The van der Waals surface area contributed by atoms with Crippen LogP contribution < -0.4 is 5.32 Å². The monoisotopic (exact) mass is 155 g/mol. The summed E-state index contributed by atoms with van der Waals surface area (Å²) in [6.45, 7) is 5.56. The Kier molecular flexibility index (Phi) is 1.92. The lowest BCUT2D eigenvalue weighted by atomic mass is 10.2. The van der Waals surface area contributed by atoms with E-state index in [1.54, 1.807) is 0 Å². The summed E-state index contributed by atoms with van der Waals surface area (Å²) in [5.74, 6) is 0. The molecule has 0 bridgehead atoms. The Labute approximate surface area is 69.0 Å². The number of hydrogen-bond acceptors (Lipinski definition) is 3. The summed E-state index contributed by atoms with van der Waals surface area (Å²) >= 11 is 0. The van der Waals surface area contributed by atoms with Crippen molar-refractivity contribution >= 4 is 6.21 Å². The van der Waals surface area contributed by atoms with E-state index in [-0.39, 0.29) is 1.43 Å². The van der Waals surface area contributed by atoms with Crippen LogP contribution in [-0.4, -0.2) is 43.0 Å². The highest BCUT2D eigenvalue weighted by atomic mass is 15.3. The second-order valence-corrected chi connectivity index (χ2v) is 3.20. The van der Waals surface area contributed by atoms with Crippen molar-refractivity contribution in [1.82, 2.24) is 10.2 Å². The number of fused-ring (bicyclic) bond motifs is 1. The molecule has 0 aromatic rings. The van der Waals surface area contributed by atoms with Gasteiger partial charge in [0.2, 0.25) is 0 Å². The molecule has 0 amide bonds. The number of nitrogens with zero attached hydrogens (tertiary/aromatic N) is 2. The molecule has 0 saturated carbocycles.